The Morgan fingerprint density at radius 2 is 1.61 bits per heavy atom. The second kappa shape index (κ2) is 8.90. The van der Waals surface area contributed by atoms with E-state index in [0.29, 0.717) is 22.4 Å². The lowest BCUT2D eigenvalue weighted by atomic mass is 10.1. The van der Waals surface area contributed by atoms with Crippen molar-refractivity contribution in [1.29, 1.82) is 0 Å². The highest BCUT2D eigenvalue weighted by Crippen LogP contribution is 2.34. The van der Waals surface area contributed by atoms with Crippen molar-refractivity contribution >= 4 is 34.8 Å². The number of halogens is 3. The van der Waals surface area contributed by atoms with Gasteiger partial charge in [-0.3, -0.25) is 0 Å². The van der Waals surface area contributed by atoms with Crippen LogP contribution in [0.4, 0.5) is 0 Å². The van der Waals surface area contributed by atoms with Crippen molar-refractivity contribution < 1.29 is 4.74 Å². The zero-order valence-corrected chi connectivity index (χ0v) is 12.9. The predicted molar refractivity (Wildman–Crippen MR) is 80.5 cm³/mol. The molecule has 1 aromatic rings. The molecule has 0 radical (unpaired) electrons. The number of hydrogen-bond donors (Lipinski definition) is 0. The van der Waals surface area contributed by atoms with E-state index in [-0.39, 0.29) is 0 Å². The summed E-state index contributed by atoms with van der Waals surface area (Å²) in [5, 5.41) is 1.19. The smallest absolute Gasteiger partial charge is 0.156 e. The van der Waals surface area contributed by atoms with Crippen LogP contribution in [0.2, 0.25) is 10.0 Å². The molecule has 0 spiro atoms. The third kappa shape index (κ3) is 5.26. The highest BCUT2D eigenvalue weighted by molar-refractivity contribution is 6.37. The molecule has 0 aromatic heterocycles. The number of ether oxygens (including phenoxy) is 1. The Morgan fingerprint density at radius 1 is 1.00 bits per heavy atom. The normalized spacial score (nSPS) is 10.7. The van der Waals surface area contributed by atoms with Crippen molar-refractivity contribution in [3.63, 3.8) is 0 Å². The lowest BCUT2D eigenvalue weighted by molar-refractivity contribution is 0.305. The largest absolute Gasteiger partial charge is 0.490 e. The molecule has 0 atom stereocenters. The molecule has 0 aliphatic rings. The fourth-order valence-corrected chi connectivity index (χ4v) is 2.51. The fraction of sp³-hybridized carbons (Fsp3) is 0.571. The molecule has 0 amide bonds. The second-order valence-corrected chi connectivity index (χ2v) is 5.39. The van der Waals surface area contributed by atoms with E-state index in [1.54, 1.807) is 0 Å². The third-order valence-electron chi connectivity index (χ3n) is 2.74. The quantitative estimate of drug-likeness (QED) is 0.440. The van der Waals surface area contributed by atoms with Crippen molar-refractivity contribution in [3.8, 4) is 5.75 Å². The molecule has 0 fully saturated rings. The van der Waals surface area contributed by atoms with Crippen molar-refractivity contribution in [1.82, 2.24) is 0 Å². The molecule has 102 valence electrons. The number of alkyl halides is 1. The van der Waals surface area contributed by atoms with Crippen LogP contribution in [-0.4, -0.2) is 12.5 Å². The fourth-order valence-electron chi connectivity index (χ4n) is 1.68. The summed E-state index contributed by atoms with van der Waals surface area (Å²) in [6.07, 6.45) is 5.24. The summed E-state index contributed by atoms with van der Waals surface area (Å²) in [5.74, 6) is 1.34. The highest BCUT2D eigenvalue weighted by atomic mass is 35.5. The van der Waals surface area contributed by atoms with Crippen LogP contribution in [0.1, 0.15) is 38.2 Å². The van der Waals surface area contributed by atoms with Crippen molar-refractivity contribution in [2.75, 3.05) is 12.5 Å². The van der Waals surface area contributed by atoms with Crippen LogP contribution in [0.15, 0.2) is 12.1 Å². The topological polar surface area (TPSA) is 9.23 Å². The number of benzene rings is 1. The standard InChI is InChI=1S/C14H19Cl3O/c1-2-11-9-12(16)14(13(17)10-11)18-8-6-4-3-5-7-15/h9-10H,2-8H2,1H3. The van der Waals surface area contributed by atoms with Crippen LogP contribution in [-0.2, 0) is 6.42 Å². The molecule has 18 heavy (non-hydrogen) atoms. The summed E-state index contributed by atoms with van der Waals surface area (Å²) in [7, 11) is 0. The van der Waals surface area contributed by atoms with E-state index in [1.807, 2.05) is 12.1 Å². The SMILES string of the molecule is CCc1cc(Cl)c(OCCCCCCCl)c(Cl)c1. The van der Waals surface area contributed by atoms with Gasteiger partial charge in [0, 0.05) is 5.88 Å². The maximum atomic E-state index is 6.15. The number of rotatable bonds is 8. The van der Waals surface area contributed by atoms with Gasteiger partial charge in [0.15, 0.2) is 5.75 Å². The molecule has 0 N–H and O–H groups in total. The van der Waals surface area contributed by atoms with E-state index < -0.39 is 0 Å². The van der Waals surface area contributed by atoms with Gasteiger partial charge in [0.1, 0.15) is 0 Å². The molecule has 4 heteroatoms. The molecule has 1 nitrogen and oxygen atoms in total. The Bertz CT molecular complexity index is 343. The zero-order chi connectivity index (χ0) is 13.4. The van der Waals surface area contributed by atoms with E-state index in [1.165, 1.54) is 0 Å². The van der Waals surface area contributed by atoms with E-state index in [4.69, 9.17) is 39.5 Å². The van der Waals surface area contributed by atoms with Crippen molar-refractivity contribution in [2.45, 2.75) is 39.0 Å². The monoisotopic (exact) mass is 308 g/mol. The van der Waals surface area contributed by atoms with Gasteiger partial charge in [-0.15, -0.1) is 11.6 Å². The summed E-state index contributed by atoms with van der Waals surface area (Å²) in [5.41, 5.74) is 1.12. The van der Waals surface area contributed by atoms with E-state index >= 15 is 0 Å². The van der Waals surface area contributed by atoms with E-state index in [9.17, 15) is 0 Å². The predicted octanol–water partition coefficient (Wildman–Crippen LogP) is 5.73. The molecule has 1 rings (SSSR count). The molecule has 0 aliphatic heterocycles. The Labute approximate surface area is 124 Å². The zero-order valence-electron chi connectivity index (χ0n) is 10.6. The van der Waals surface area contributed by atoms with E-state index in [2.05, 4.69) is 6.92 Å². The molecular formula is C14H19Cl3O. The van der Waals surface area contributed by atoms with Crippen LogP contribution in [0.25, 0.3) is 0 Å². The van der Waals surface area contributed by atoms with Gasteiger partial charge in [-0.05, 0) is 37.0 Å². The lowest BCUT2D eigenvalue weighted by Crippen LogP contribution is -1.99. The van der Waals surface area contributed by atoms with Gasteiger partial charge in [0.2, 0.25) is 0 Å². The first kappa shape index (κ1) is 15.9. The van der Waals surface area contributed by atoms with Crippen LogP contribution in [0.5, 0.6) is 5.75 Å². The minimum absolute atomic E-state index is 0.597. The second-order valence-electron chi connectivity index (χ2n) is 4.19. The summed E-state index contributed by atoms with van der Waals surface area (Å²) in [6.45, 7) is 2.71. The lowest BCUT2D eigenvalue weighted by Gasteiger charge is -2.11. The summed E-state index contributed by atoms with van der Waals surface area (Å²) in [6, 6.07) is 3.83. The first-order valence-electron chi connectivity index (χ1n) is 6.35. The molecule has 0 saturated carbocycles. The van der Waals surface area contributed by atoms with Crippen LogP contribution >= 0.6 is 34.8 Å². The molecule has 0 aliphatic carbocycles. The molecular weight excluding hydrogens is 291 g/mol. The minimum atomic E-state index is 0.597. The molecule has 1 aromatic carbocycles. The Kier molecular flexibility index (Phi) is 7.88. The van der Waals surface area contributed by atoms with Gasteiger partial charge in [-0.25, -0.2) is 0 Å². The van der Waals surface area contributed by atoms with Crippen LogP contribution in [0.3, 0.4) is 0 Å². The average Bonchev–Trinajstić information content (AvgIpc) is 2.35. The number of aryl methyl sites for hydroxylation is 1. The van der Waals surface area contributed by atoms with Crippen LogP contribution in [0, 0.1) is 0 Å². The Hall–Kier alpha value is -0.110. The average molecular weight is 310 g/mol. The van der Waals surface area contributed by atoms with Crippen molar-refractivity contribution in [2.24, 2.45) is 0 Å². The summed E-state index contributed by atoms with van der Waals surface area (Å²) >= 11 is 17.9. The summed E-state index contributed by atoms with van der Waals surface area (Å²) in [4.78, 5) is 0. The molecule has 0 bridgehead atoms. The van der Waals surface area contributed by atoms with Crippen LogP contribution < -0.4 is 4.74 Å². The number of unbranched alkanes of at least 4 members (excludes halogenated alkanes) is 3. The number of hydrogen-bond acceptors (Lipinski definition) is 1. The van der Waals surface area contributed by atoms with Gasteiger partial charge >= 0.3 is 0 Å². The first-order chi connectivity index (χ1) is 8.69. The Balaban J connectivity index is 2.42. The molecule has 0 unspecified atom stereocenters. The van der Waals surface area contributed by atoms with E-state index in [0.717, 1.165) is 43.5 Å². The molecule has 0 heterocycles. The minimum Gasteiger partial charge on any atom is -0.490 e. The van der Waals surface area contributed by atoms with Gasteiger partial charge in [0.05, 0.1) is 16.7 Å². The third-order valence-corrected chi connectivity index (χ3v) is 3.57. The maximum Gasteiger partial charge on any atom is 0.156 e. The van der Waals surface area contributed by atoms with Crippen molar-refractivity contribution in [3.05, 3.63) is 27.7 Å². The highest BCUT2D eigenvalue weighted by Gasteiger charge is 2.08. The molecule has 0 saturated heterocycles. The Morgan fingerprint density at radius 3 is 2.17 bits per heavy atom. The van der Waals surface area contributed by atoms with Gasteiger partial charge < -0.3 is 4.74 Å². The van der Waals surface area contributed by atoms with Gasteiger partial charge in [-0.2, -0.15) is 0 Å². The maximum absolute atomic E-state index is 6.15. The van der Waals surface area contributed by atoms with Gasteiger partial charge in [0.25, 0.3) is 0 Å². The van der Waals surface area contributed by atoms with Gasteiger partial charge in [-0.1, -0.05) is 43.0 Å². The summed E-state index contributed by atoms with van der Waals surface area (Å²) < 4.78 is 5.65. The first-order valence-corrected chi connectivity index (χ1v) is 7.64.